The zero-order valence-electron chi connectivity index (χ0n) is 18.4. The number of nitrogens with zero attached hydrogens (tertiary/aromatic N) is 2. The molecule has 1 amide bonds. The molecule has 1 fully saturated rings. The molecule has 3 rings (SSSR count). The number of carbonyl (C=O) groups excluding carboxylic acids is 1. The first-order valence-corrected chi connectivity index (χ1v) is 12.3. The van der Waals surface area contributed by atoms with Crippen molar-refractivity contribution in [2.24, 2.45) is 0 Å². The highest BCUT2D eigenvalue weighted by Gasteiger charge is 2.33. The first kappa shape index (κ1) is 25.0. The molecule has 1 heterocycles. The first-order valence-electron chi connectivity index (χ1n) is 10.8. The Labute approximate surface area is 192 Å². The number of aryl methyl sites for hydroxylation is 1. The van der Waals surface area contributed by atoms with Crippen LogP contribution in [0.1, 0.15) is 30.4 Å². The lowest BCUT2D eigenvalue weighted by Crippen LogP contribution is -2.41. The van der Waals surface area contributed by atoms with Gasteiger partial charge < -0.3 is 10.2 Å². The summed E-state index contributed by atoms with van der Waals surface area (Å²) in [5, 5.41) is 2.69. The molecule has 0 saturated carbocycles. The number of sulfonamides is 1. The number of benzene rings is 2. The van der Waals surface area contributed by atoms with Gasteiger partial charge in [-0.2, -0.15) is 13.2 Å². The van der Waals surface area contributed by atoms with E-state index in [1.807, 2.05) is 0 Å². The summed E-state index contributed by atoms with van der Waals surface area (Å²) >= 11 is 0. The molecule has 1 N–H and O–H groups in total. The van der Waals surface area contributed by atoms with Gasteiger partial charge in [0.2, 0.25) is 5.91 Å². The predicted octanol–water partition coefficient (Wildman–Crippen LogP) is 3.81. The topological polar surface area (TPSA) is 69.7 Å². The van der Waals surface area contributed by atoms with E-state index in [0.29, 0.717) is 13.0 Å². The lowest BCUT2D eigenvalue weighted by molar-refractivity contribution is -0.137. The van der Waals surface area contributed by atoms with Crippen LogP contribution in [0.5, 0.6) is 0 Å². The van der Waals surface area contributed by atoms with Gasteiger partial charge in [-0.3, -0.25) is 9.10 Å². The van der Waals surface area contributed by atoms with Crippen LogP contribution in [0, 0.1) is 6.92 Å². The molecule has 2 aromatic carbocycles. The predicted molar refractivity (Wildman–Crippen MR) is 120 cm³/mol. The maximum absolute atomic E-state index is 13.3. The Balaban J connectivity index is 1.79. The highest BCUT2D eigenvalue weighted by atomic mass is 32.2. The number of hydrogen-bond donors (Lipinski definition) is 1. The van der Waals surface area contributed by atoms with Crippen molar-refractivity contribution >= 4 is 21.6 Å². The van der Waals surface area contributed by atoms with Gasteiger partial charge in [-0.15, -0.1) is 0 Å². The minimum absolute atomic E-state index is 0.104. The Hall–Kier alpha value is -2.59. The van der Waals surface area contributed by atoms with E-state index in [9.17, 15) is 26.4 Å². The summed E-state index contributed by atoms with van der Waals surface area (Å²) in [6.45, 7) is 4.42. The maximum atomic E-state index is 13.3. The van der Waals surface area contributed by atoms with Crippen LogP contribution in [0.4, 0.5) is 18.9 Å². The van der Waals surface area contributed by atoms with Crippen molar-refractivity contribution in [3.63, 3.8) is 0 Å². The molecular formula is C23H28F3N3O3S. The van der Waals surface area contributed by atoms with Crippen molar-refractivity contribution in [1.29, 1.82) is 0 Å². The number of amides is 1. The standard InChI is InChI=1S/C23H28F3N3O3S/c1-18-8-10-21(11-9-18)33(31,32)29(20-7-4-6-19(16-20)23(24,25)26)17-22(30)27-12-5-15-28-13-2-3-14-28/h4,6-11,16H,2-3,5,12-15,17H2,1H3,(H,27,30). The fourth-order valence-corrected chi connectivity index (χ4v) is 5.13. The van der Waals surface area contributed by atoms with Crippen LogP contribution in [-0.4, -0.2) is 51.9 Å². The maximum Gasteiger partial charge on any atom is 0.416 e. The van der Waals surface area contributed by atoms with Gasteiger partial charge in [-0.25, -0.2) is 8.42 Å². The molecule has 1 aliphatic rings. The van der Waals surface area contributed by atoms with Crippen molar-refractivity contribution in [2.45, 2.75) is 37.3 Å². The Kier molecular flexibility index (Phi) is 8.01. The Morgan fingerprint density at radius 2 is 1.76 bits per heavy atom. The molecule has 0 bridgehead atoms. The van der Waals surface area contributed by atoms with E-state index < -0.39 is 34.2 Å². The smallest absolute Gasteiger partial charge is 0.354 e. The summed E-state index contributed by atoms with van der Waals surface area (Å²) in [4.78, 5) is 14.8. The number of anilines is 1. The van der Waals surface area contributed by atoms with Crippen LogP contribution >= 0.6 is 0 Å². The average molecular weight is 484 g/mol. The molecule has 0 spiro atoms. The Morgan fingerprint density at radius 3 is 2.39 bits per heavy atom. The molecule has 0 radical (unpaired) electrons. The summed E-state index contributed by atoms with van der Waals surface area (Å²) in [6.07, 6.45) is -1.61. The number of nitrogens with one attached hydrogen (secondary N) is 1. The summed E-state index contributed by atoms with van der Waals surface area (Å²) in [5.74, 6) is -0.579. The second-order valence-corrected chi connectivity index (χ2v) is 9.99. The van der Waals surface area contributed by atoms with Crippen LogP contribution in [0.3, 0.4) is 0 Å². The summed E-state index contributed by atoms with van der Waals surface area (Å²) in [5.41, 5.74) is -0.386. The van der Waals surface area contributed by atoms with Crippen molar-refractivity contribution in [2.75, 3.05) is 37.0 Å². The van der Waals surface area contributed by atoms with E-state index in [4.69, 9.17) is 0 Å². The largest absolute Gasteiger partial charge is 0.416 e. The molecule has 0 atom stereocenters. The lowest BCUT2D eigenvalue weighted by atomic mass is 10.2. The van der Waals surface area contributed by atoms with Crippen LogP contribution in [-0.2, 0) is 21.0 Å². The SMILES string of the molecule is Cc1ccc(S(=O)(=O)N(CC(=O)NCCCN2CCCC2)c2cccc(C(F)(F)F)c2)cc1. The number of hydrogen-bond acceptors (Lipinski definition) is 4. The van der Waals surface area contributed by atoms with Gasteiger partial charge in [0, 0.05) is 6.54 Å². The van der Waals surface area contributed by atoms with Crippen molar-refractivity contribution in [3.8, 4) is 0 Å². The number of halogens is 3. The van der Waals surface area contributed by atoms with Crippen molar-refractivity contribution in [1.82, 2.24) is 10.2 Å². The number of alkyl halides is 3. The van der Waals surface area contributed by atoms with Gasteiger partial charge in [-0.05, 0) is 76.2 Å². The molecule has 10 heteroatoms. The quantitative estimate of drug-likeness (QED) is 0.551. The molecule has 2 aromatic rings. The fourth-order valence-electron chi connectivity index (χ4n) is 3.71. The van der Waals surface area contributed by atoms with Gasteiger partial charge in [0.15, 0.2) is 0 Å². The molecule has 0 unspecified atom stereocenters. The molecule has 1 aliphatic heterocycles. The van der Waals surface area contributed by atoms with E-state index in [1.54, 1.807) is 19.1 Å². The van der Waals surface area contributed by atoms with Gasteiger partial charge in [0.05, 0.1) is 16.1 Å². The summed E-state index contributed by atoms with van der Waals surface area (Å²) < 4.78 is 67.1. The van der Waals surface area contributed by atoms with E-state index >= 15 is 0 Å². The monoisotopic (exact) mass is 483 g/mol. The Morgan fingerprint density at radius 1 is 1.09 bits per heavy atom. The average Bonchev–Trinajstić information content (AvgIpc) is 3.28. The van der Waals surface area contributed by atoms with E-state index in [1.165, 1.54) is 18.2 Å². The number of rotatable bonds is 9. The molecule has 0 aliphatic carbocycles. The van der Waals surface area contributed by atoms with E-state index in [-0.39, 0.29) is 10.6 Å². The number of carbonyl (C=O) groups is 1. The highest BCUT2D eigenvalue weighted by molar-refractivity contribution is 7.92. The molecule has 180 valence electrons. The van der Waals surface area contributed by atoms with E-state index in [2.05, 4.69) is 10.2 Å². The van der Waals surface area contributed by atoms with Crippen LogP contribution in [0.25, 0.3) is 0 Å². The third-order valence-electron chi connectivity index (χ3n) is 5.53. The second-order valence-electron chi connectivity index (χ2n) is 8.13. The van der Waals surface area contributed by atoms with Crippen molar-refractivity contribution < 1.29 is 26.4 Å². The van der Waals surface area contributed by atoms with Gasteiger partial charge in [-0.1, -0.05) is 23.8 Å². The third-order valence-corrected chi connectivity index (χ3v) is 7.32. The molecule has 33 heavy (non-hydrogen) atoms. The van der Waals surface area contributed by atoms with Gasteiger partial charge >= 0.3 is 6.18 Å². The minimum atomic E-state index is -4.65. The van der Waals surface area contributed by atoms with Crippen LogP contribution in [0.15, 0.2) is 53.4 Å². The molecule has 6 nitrogen and oxygen atoms in total. The summed E-state index contributed by atoms with van der Waals surface area (Å²) in [6, 6.07) is 9.92. The molecule has 1 saturated heterocycles. The van der Waals surface area contributed by atoms with Gasteiger partial charge in [0.1, 0.15) is 6.54 Å². The van der Waals surface area contributed by atoms with Gasteiger partial charge in [0.25, 0.3) is 10.0 Å². The van der Waals surface area contributed by atoms with Crippen LogP contribution < -0.4 is 9.62 Å². The fraction of sp³-hybridized carbons (Fsp3) is 0.435. The lowest BCUT2D eigenvalue weighted by Gasteiger charge is -2.25. The molecule has 0 aromatic heterocycles. The van der Waals surface area contributed by atoms with Crippen molar-refractivity contribution in [3.05, 3.63) is 59.7 Å². The zero-order valence-corrected chi connectivity index (χ0v) is 19.3. The zero-order chi connectivity index (χ0) is 24.1. The molecular weight excluding hydrogens is 455 g/mol. The Bertz CT molecular complexity index is 1050. The normalized spacial score (nSPS) is 14.9. The second kappa shape index (κ2) is 10.6. The third kappa shape index (κ3) is 6.70. The highest BCUT2D eigenvalue weighted by Crippen LogP contribution is 2.33. The van der Waals surface area contributed by atoms with E-state index in [0.717, 1.165) is 60.5 Å². The number of likely N-dealkylation sites (tertiary alicyclic amines) is 1. The summed E-state index contributed by atoms with van der Waals surface area (Å²) in [7, 11) is -4.27. The minimum Gasteiger partial charge on any atom is -0.354 e. The first-order chi connectivity index (χ1) is 15.6. The van der Waals surface area contributed by atoms with Crippen LogP contribution in [0.2, 0.25) is 0 Å².